The van der Waals surface area contributed by atoms with Gasteiger partial charge in [0.15, 0.2) is 0 Å². The molecule has 0 aliphatic carbocycles. The van der Waals surface area contributed by atoms with Crippen molar-refractivity contribution in [3.8, 4) is 0 Å². The van der Waals surface area contributed by atoms with Crippen LogP contribution in [0.5, 0.6) is 0 Å². The molecule has 1 aromatic heterocycles. The van der Waals surface area contributed by atoms with E-state index in [1.54, 1.807) is 28.9 Å². The Kier molecular flexibility index (Phi) is 4.85. The van der Waals surface area contributed by atoms with Crippen molar-refractivity contribution in [2.75, 3.05) is 4.72 Å². The molecule has 6 nitrogen and oxygen atoms in total. The molecule has 3 rings (SSSR count). The molecule has 1 heterocycles. The summed E-state index contributed by atoms with van der Waals surface area (Å²) in [6.45, 7) is 4.57. The average molecular weight is 356 g/mol. The van der Waals surface area contributed by atoms with Gasteiger partial charge in [-0.15, -0.1) is 5.10 Å². The molecule has 7 heteroatoms. The van der Waals surface area contributed by atoms with Gasteiger partial charge in [0.05, 0.1) is 11.4 Å². The van der Waals surface area contributed by atoms with Gasteiger partial charge in [-0.25, -0.2) is 17.8 Å². The first-order valence-corrected chi connectivity index (χ1v) is 9.51. The Hall–Kier alpha value is -2.67. The summed E-state index contributed by atoms with van der Waals surface area (Å²) in [5.74, 6) is 0.0622. The van der Waals surface area contributed by atoms with E-state index in [4.69, 9.17) is 0 Å². The van der Waals surface area contributed by atoms with Crippen LogP contribution in [0.4, 0.5) is 5.95 Å². The highest BCUT2D eigenvalue weighted by molar-refractivity contribution is 7.92. The van der Waals surface area contributed by atoms with E-state index in [1.165, 1.54) is 6.33 Å². The van der Waals surface area contributed by atoms with Crippen LogP contribution in [-0.2, 0) is 23.0 Å². The molecule has 0 fully saturated rings. The van der Waals surface area contributed by atoms with Gasteiger partial charge in [-0.3, -0.25) is 0 Å². The Morgan fingerprint density at radius 3 is 2.52 bits per heavy atom. The third-order valence-corrected chi connectivity index (χ3v) is 5.18. The first kappa shape index (κ1) is 17.2. The fourth-order valence-electron chi connectivity index (χ4n) is 2.50. The maximum Gasteiger partial charge on any atom is 0.264 e. The lowest BCUT2D eigenvalue weighted by molar-refractivity contribution is 0.600. The second-order valence-electron chi connectivity index (χ2n) is 5.86. The highest BCUT2D eigenvalue weighted by Gasteiger charge is 2.16. The van der Waals surface area contributed by atoms with Gasteiger partial charge < -0.3 is 0 Å². The number of aryl methyl sites for hydroxylation is 2. The van der Waals surface area contributed by atoms with Gasteiger partial charge >= 0.3 is 0 Å². The molecule has 0 aliphatic heterocycles. The summed E-state index contributed by atoms with van der Waals surface area (Å²) < 4.78 is 28.8. The van der Waals surface area contributed by atoms with E-state index in [-0.39, 0.29) is 10.8 Å². The highest BCUT2D eigenvalue weighted by atomic mass is 32.2. The molecule has 0 bridgehead atoms. The molecule has 130 valence electrons. The summed E-state index contributed by atoms with van der Waals surface area (Å²) >= 11 is 0. The highest BCUT2D eigenvalue weighted by Crippen LogP contribution is 2.14. The molecular weight excluding hydrogens is 336 g/mol. The molecule has 0 amide bonds. The Morgan fingerprint density at radius 2 is 1.84 bits per heavy atom. The lowest BCUT2D eigenvalue weighted by Crippen LogP contribution is -2.14. The van der Waals surface area contributed by atoms with Crippen molar-refractivity contribution in [3.63, 3.8) is 0 Å². The standard InChI is InChI=1S/C18H20N4O2S/c1-3-15-7-9-17(10-8-15)25(23,24)21-18-19-13-22(20-18)12-16-6-4-5-14(2)11-16/h4-11,13H,3,12H2,1-2H3,(H,20,21). The van der Waals surface area contributed by atoms with E-state index in [2.05, 4.69) is 20.9 Å². The zero-order valence-electron chi connectivity index (χ0n) is 14.2. The van der Waals surface area contributed by atoms with Crippen LogP contribution in [0.25, 0.3) is 0 Å². The summed E-state index contributed by atoms with van der Waals surface area (Å²) in [6, 6.07) is 14.8. The molecule has 1 N–H and O–H groups in total. The van der Waals surface area contributed by atoms with Gasteiger partial charge in [-0.2, -0.15) is 4.98 Å². The van der Waals surface area contributed by atoms with Crippen LogP contribution in [-0.4, -0.2) is 23.2 Å². The number of hydrogen-bond donors (Lipinski definition) is 1. The Morgan fingerprint density at radius 1 is 1.08 bits per heavy atom. The van der Waals surface area contributed by atoms with Crippen LogP contribution in [0.15, 0.2) is 59.8 Å². The molecular formula is C18H20N4O2S. The van der Waals surface area contributed by atoms with Gasteiger partial charge in [-0.1, -0.05) is 48.9 Å². The third kappa shape index (κ3) is 4.24. The maximum absolute atomic E-state index is 12.4. The molecule has 0 radical (unpaired) electrons. The predicted molar refractivity (Wildman–Crippen MR) is 96.9 cm³/mol. The van der Waals surface area contributed by atoms with Gasteiger partial charge in [0.25, 0.3) is 16.0 Å². The van der Waals surface area contributed by atoms with E-state index in [9.17, 15) is 8.42 Å². The summed E-state index contributed by atoms with van der Waals surface area (Å²) in [4.78, 5) is 4.23. The van der Waals surface area contributed by atoms with E-state index in [0.717, 1.165) is 23.1 Å². The van der Waals surface area contributed by atoms with Crippen molar-refractivity contribution >= 4 is 16.0 Å². The molecule has 3 aromatic rings. The summed E-state index contributed by atoms with van der Waals surface area (Å²) in [6.07, 6.45) is 2.37. The number of hydrogen-bond acceptors (Lipinski definition) is 4. The van der Waals surface area contributed by atoms with Crippen molar-refractivity contribution in [1.82, 2.24) is 14.8 Å². The number of rotatable bonds is 6. The summed E-state index contributed by atoms with van der Waals surface area (Å²) in [5, 5.41) is 4.19. The average Bonchev–Trinajstić information content (AvgIpc) is 3.01. The van der Waals surface area contributed by atoms with Gasteiger partial charge in [0.2, 0.25) is 0 Å². The molecule has 0 unspecified atom stereocenters. The molecule has 0 spiro atoms. The number of sulfonamides is 1. The van der Waals surface area contributed by atoms with Crippen molar-refractivity contribution in [1.29, 1.82) is 0 Å². The number of anilines is 1. The van der Waals surface area contributed by atoms with Crippen LogP contribution in [0, 0.1) is 6.92 Å². The Balaban J connectivity index is 1.73. The van der Waals surface area contributed by atoms with E-state index in [0.29, 0.717) is 6.54 Å². The van der Waals surface area contributed by atoms with Crippen molar-refractivity contribution in [3.05, 3.63) is 71.5 Å². The molecule has 2 aromatic carbocycles. The normalized spacial score (nSPS) is 11.4. The predicted octanol–water partition coefficient (Wildman–Crippen LogP) is 3.00. The Labute approximate surface area is 147 Å². The van der Waals surface area contributed by atoms with Gasteiger partial charge in [-0.05, 0) is 36.6 Å². The third-order valence-electron chi connectivity index (χ3n) is 3.83. The lowest BCUT2D eigenvalue weighted by atomic mass is 10.1. The van der Waals surface area contributed by atoms with Crippen LogP contribution in [0.2, 0.25) is 0 Å². The quantitative estimate of drug-likeness (QED) is 0.736. The molecule has 0 aliphatic rings. The van der Waals surface area contributed by atoms with Crippen LogP contribution in [0.1, 0.15) is 23.6 Å². The van der Waals surface area contributed by atoms with Crippen LogP contribution in [0.3, 0.4) is 0 Å². The van der Waals surface area contributed by atoms with Crippen molar-refractivity contribution in [2.24, 2.45) is 0 Å². The van der Waals surface area contributed by atoms with E-state index >= 15 is 0 Å². The second-order valence-corrected chi connectivity index (χ2v) is 7.54. The van der Waals surface area contributed by atoms with E-state index < -0.39 is 10.0 Å². The first-order valence-electron chi connectivity index (χ1n) is 8.03. The monoisotopic (exact) mass is 356 g/mol. The number of benzene rings is 2. The van der Waals surface area contributed by atoms with Gasteiger partial charge in [0.1, 0.15) is 6.33 Å². The minimum atomic E-state index is -3.69. The largest absolute Gasteiger partial charge is 0.264 e. The SMILES string of the molecule is CCc1ccc(S(=O)(=O)Nc2ncn(Cc3cccc(C)c3)n2)cc1. The van der Waals surface area contributed by atoms with Crippen molar-refractivity contribution < 1.29 is 8.42 Å². The lowest BCUT2D eigenvalue weighted by Gasteiger charge is -2.05. The minimum Gasteiger partial charge on any atom is -0.246 e. The Bertz CT molecular complexity index is 963. The topological polar surface area (TPSA) is 76.9 Å². The minimum absolute atomic E-state index is 0.0622. The number of nitrogens with one attached hydrogen (secondary N) is 1. The summed E-state index contributed by atoms with van der Waals surface area (Å²) in [5.41, 5.74) is 3.32. The van der Waals surface area contributed by atoms with Crippen LogP contribution >= 0.6 is 0 Å². The summed E-state index contributed by atoms with van der Waals surface area (Å²) in [7, 11) is -3.69. The fraction of sp³-hybridized carbons (Fsp3) is 0.222. The van der Waals surface area contributed by atoms with Crippen LogP contribution < -0.4 is 4.72 Å². The zero-order chi connectivity index (χ0) is 17.9. The molecule has 0 saturated heterocycles. The smallest absolute Gasteiger partial charge is 0.246 e. The fourth-order valence-corrected chi connectivity index (χ4v) is 3.44. The number of aromatic nitrogens is 3. The van der Waals surface area contributed by atoms with Gasteiger partial charge in [0, 0.05) is 0 Å². The van der Waals surface area contributed by atoms with E-state index in [1.807, 2.05) is 32.0 Å². The molecule has 0 saturated carbocycles. The molecule has 0 atom stereocenters. The number of nitrogens with zero attached hydrogens (tertiary/aromatic N) is 3. The maximum atomic E-state index is 12.4. The zero-order valence-corrected chi connectivity index (χ0v) is 15.0. The first-order chi connectivity index (χ1) is 12.0. The van der Waals surface area contributed by atoms with Crippen molar-refractivity contribution in [2.45, 2.75) is 31.7 Å². The second kappa shape index (κ2) is 7.06. The molecule has 25 heavy (non-hydrogen) atoms.